The fraction of sp³-hybridized carbons (Fsp3) is 0.400. The number of anilines is 1. The summed E-state index contributed by atoms with van der Waals surface area (Å²) in [5.74, 6) is -0.246. The lowest BCUT2D eigenvalue weighted by Gasteiger charge is -2.29. The van der Waals surface area contributed by atoms with Crippen molar-refractivity contribution in [2.75, 3.05) is 5.32 Å². The second-order valence-corrected chi connectivity index (χ2v) is 4.90. The fourth-order valence-corrected chi connectivity index (χ4v) is 2.46. The number of amides is 1. The maximum absolute atomic E-state index is 12.3. The molecule has 1 aliphatic carbocycles. The standard InChI is InChI=1S/C15H15N3O/c16-10-12-5-4-6-13(9-12)18-14(19)15(11-17)7-2-1-3-8-15/h4-6,9H,1-3,7-8H2,(H,18,19). The Morgan fingerprint density at radius 1 is 1.21 bits per heavy atom. The number of rotatable bonds is 2. The van der Waals surface area contributed by atoms with Crippen LogP contribution in [0.5, 0.6) is 0 Å². The largest absolute Gasteiger partial charge is 0.325 e. The van der Waals surface area contributed by atoms with Crippen molar-refractivity contribution in [1.29, 1.82) is 10.5 Å². The molecule has 19 heavy (non-hydrogen) atoms. The average Bonchev–Trinajstić information content (AvgIpc) is 2.48. The zero-order chi connectivity index (χ0) is 13.7. The molecule has 1 fully saturated rings. The van der Waals surface area contributed by atoms with Crippen molar-refractivity contribution in [3.63, 3.8) is 0 Å². The van der Waals surface area contributed by atoms with Crippen LogP contribution in [-0.2, 0) is 4.79 Å². The van der Waals surface area contributed by atoms with Gasteiger partial charge in [0.1, 0.15) is 5.41 Å². The van der Waals surface area contributed by atoms with Crippen LogP contribution in [0, 0.1) is 28.1 Å². The molecule has 2 rings (SSSR count). The van der Waals surface area contributed by atoms with Gasteiger partial charge in [0.25, 0.3) is 0 Å². The number of nitriles is 2. The van der Waals surface area contributed by atoms with Gasteiger partial charge in [0.2, 0.25) is 5.91 Å². The first-order chi connectivity index (χ1) is 9.20. The van der Waals surface area contributed by atoms with Crippen LogP contribution in [0.15, 0.2) is 24.3 Å². The van der Waals surface area contributed by atoms with Gasteiger partial charge in [0.15, 0.2) is 0 Å². The lowest BCUT2D eigenvalue weighted by molar-refractivity contribution is -0.124. The lowest BCUT2D eigenvalue weighted by Crippen LogP contribution is -2.36. The Morgan fingerprint density at radius 3 is 2.58 bits per heavy atom. The SMILES string of the molecule is N#Cc1cccc(NC(=O)C2(C#N)CCCCC2)c1. The molecule has 1 aliphatic rings. The summed E-state index contributed by atoms with van der Waals surface area (Å²) in [6.07, 6.45) is 4.15. The minimum Gasteiger partial charge on any atom is -0.325 e. The van der Waals surface area contributed by atoms with Crippen molar-refractivity contribution in [2.24, 2.45) is 5.41 Å². The van der Waals surface area contributed by atoms with E-state index in [0.29, 0.717) is 24.1 Å². The first-order valence-corrected chi connectivity index (χ1v) is 6.43. The van der Waals surface area contributed by atoms with Gasteiger partial charge in [-0.15, -0.1) is 0 Å². The van der Waals surface area contributed by atoms with Crippen LogP contribution >= 0.6 is 0 Å². The molecule has 96 valence electrons. The molecule has 0 spiro atoms. The summed E-state index contributed by atoms with van der Waals surface area (Å²) in [6, 6.07) is 11.0. The number of hydrogen-bond donors (Lipinski definition) is 1. The highest BCUT2D eigenvalue weighted by Crippen LogP contribution is 2.36. The molecule has 4 nitrogen and oxygen atoms in total. The number of benzene rings is 1. The van der Waals surface area contributed by atoms with Gasteiger partial charge in [-0.2, -0.15) is 10.5 Å². The summed E-state index contributed by atoms with van der Waals surface area (Å²) < 4.78 is 0. The van der Waals surface area contributed by atoms with E-state index in [1.165, 1.54) is 0 Å². The Labute approximate surface area is 112 Å². The summed E-state index contributed by atoms with van der Waals surface area (Å²) in [7, 11) is 0. The van der Waals surface area contributed by atoms with Crippen molar-refractivity contribution in [3.8, 4) is 12.1 Å². The maximum atomic E-state index is 12.3. The van der Waals surface area contributed by atoms with Gasteiger partial charge in [-0.25, -0.2) is 0 Å². The molecule has 4 heteroatoms. The van der Waals surface area contributed by atoms with Gasteiger partial charge in [-0.3, -0.25) is 4.79 Å². The van der Waals surface area contributed by atoms with Crippen LogP contribution in [-0.4, -0.2) is 5.91 Å². The van der Waals surface area contributed by atoms with E-state index in [0.717, 1.165) is 19.3 Å². The van der Waals surface area contributed by atoms with E-state index in [4.69, 9.17) is 5.26 Å². The summed E-state index contributed by atoms with van der Waals surface area (Å²) >= 11 is 0. The summed E-state index contributed by atoms with van der Waals surface area (Å²) in [4.78, 5) is 12.3. The smallest absolute Gasteiger partial charge is 0.244 e. The third-order valence-corrected chi connectivity index (χ3v) is 3.61. The topological polar surface area (TPSA) is 76.7 Å². The molecule has 0 saturated heterocycles. The number of hydrogen-bond acceptors (Lipinski definition) is 3. The fourth-order valence-electron chi connectivity index (χ4n) is 2.46. The molecule has 1 N–H and O–H groups in total. The van der Waals surface area contributed by atoms with Crippen LogP contribution < -0.4 is 5.32 Å². The molecule has 1 saturated carbocycles. The minimum atomic E-state index is -0.902. The van der Waals surface area contributed by atoms with E-state index in [1.54, 1.807) is 24.3 Å². The van der Waals surface area contributed by atoms with Crippen LogP contribution in [0.3, 0.4) is 0 Å². The van der Waals surface area contributed by atoms with Crippen LogP contribution in [0.2, 0.25) is 0 Å². The van der Waals surface area contributed by atoms with Crippen molar-refractivity contribution in [1.82, 2.24) is 0 Å². The predicted molar refractivity (Wildman–Crippen MR) is 70.9 cm³/mol. The molecule has 1 amide bonds. The number of nitrogens with one attached hydrogen (secondary N) is 1. The second-order valence-electron chi connectivity index (χ2n) is 4.90. The van der Waals surface area contributed by atoms with Crippen molar-refractivity contribution >= 4 is 11.6 Å². The van der Waals surface area contributed by atoms with Crippen molar-refractivity contribution in [3.05, 3.63) is 29.8 Å². The van der Waals surface area contributed by atoms with Crippen molar-refractivity contribution in [2.45, 2.75) is 32.1 Å². The van der Waals surface area contributed by atoms with Gasteiger partial charge in [-0.05, 0) is 31.0 Å². The Morgan fingerprint density at radius 2 is 1.95 bits per heavy atom. The third kappa shape index (κ3) is 2.74. The third-order valence-electron chi connectivity index (χ3n) is 3.61. The molecule has 0 aromatic heterocycles. The Bertz CT molecular complexity index is 559. The van der Waals surface area contributed by atoms with Crippen LogP contribution in [0.25, 0.3) is 0 Å². The van der Waals surface area contributed by atoms with Gasteiger partial charge in [-0.1, -0.05) is 25.3 Å². The molecular weight excluding hydrogens is 238 g/mol. The summed E-state index contributed by atoms with van der Waals surface area (Å²) in [5, 5.41) is 20.9. The van der Waals surface area contributed by atoms with E-state index in [2.05, 4.69) is 11.4 Å². The Kier molecular flexibility index (Phi) is 3.82. The van der Waals surface area contributed by atoms with Crippen molar-refractivity contribution < 1.29 is 4.79 Å². The molecule has 1 aromatic carbocycles. The van der Waals surface area contributed by atoms with E-state index >= 15 is 0 Å². The zero-order valence-corrected chi connectivity index (χ0v) is 10.6. The van der Waals surface area contributed by atoms with E-state index in [1.807, 2.05) is 6.07 Å². The first-order valence-electron chi connectivity index (χ1n) is 6.43. The Hall–Kier alpha value is -2.33. The highest BCUT2D eigenvalue weighted by Gasteiger charge is 2.39. The normalized spacial score (nSPS) is 16.9. The molecule has 0 radical (unpaired) electrons. The monoisotopic (exact) mass is 253 g/mol. The summed E-state index contributed by atoms with van der Waals surface area (Å²) in [5.41, 5.74) is 0.165. The van der Waals surface area contributed by atoms with Gasteiger partial charge < -0.3 is 5.32 Å². The minimum absolute atomic E-state index is 0.246. The quantitative estimate of drug-likeness (QED) is 0.880. The summed E-state index contributed by atoms with van der Waals surface area (Å²) in [6.45, 7) is 0. The molecule has 1 aromatic rings. The molecule has 0 bridgehead atoms. The van der Waals surface area contributed by atoms with Crippen LogP contribution in [0.1, 0.15) is 37.7 Å². The predicted octanol–water partition coefficient (Wildman–Crippen LogP) is 2.97. The lowest BCUT2D eigenvalue weighted by atomic mass is 9.74. The van der Waals surface area contributed by atoms with Gasteiger partial charge in [0, 0.05) is 5.69 Å². The van der Waals surface area contributed by atoms with Gasteiger partial charge in [0.05, 0.1) is 17.7 Å². The molecule has 0 aliphatic heterocycles. The zero-order valence-electron chi connectivity index (χ0n) is 10.6. The first kappa shape index (κ1) is 13.1. The second kappa shape index (κ2) is 5.54. The van der Waals surface area contributed by atoms with Gasteiger partial charge >= 0.3 is 0 Å². The van der Waals surface area contributed by atoms with E-state index in [-0.39, 0.29) is 5.91 Å². The molecule has 0 unspecified atom stereocenters. The molecule has 0 heterocycles. The molecule has 0 atom stereocenters. The molecular formula is C15H15N3O. The van der Waals surface area contributed by atoms with Crippen LogP contribution in [0.4, 0.5) is 5.69 Å². The highest BCUT2D eigenvalue weighted by molar-refractivity contribution is 5.97. The van der Waals surface area contributed by atoms with E-state index < -0.39 is 5.41 Å². The number of carbonyl (C=O) groups is 1. The maximum Gasteiger partial charge on any atom is 0.244 e. The number of nitrogens with zero attached hydrogens (tertiary/aromatic N) is 2. The Balaban J connectivity index is 2.16. The van der Waals surface area contributed by atoms with E-state index in [9.17, 15) is 10.1 Å². The average molecular weight is 253 g/mol. The highest BCUT2D eigenvalue weighted by atomic mass is 16.2. The number of carbonyl (C=O) groups excluding carboxylic acids is 1.